The van der Waals surface area contributed by atoms with E-state index < -0.39 is 17.9 Å². The van der Waals surface area contributed by atoms with Crippen molar-refractivity contribution in [2.45, 2.75) is 11.0 Å². The predicted molar refractivity (Wildman–Crippen MR) is 46.7 cm³/mol. The quantitative estimate of drug-likeness (QED) is 0.477. The Balaban J connectivity index is -0.0000000277. The van der Waals surface area contributed by atoms with Crippen LogP contribution in [0.5, 0.6) is 0 Å². The van der Waals surface area contributed by atoms with E-state index in [2.05, 4.69) is 0 Å². The fourth-order valence-electron chi connectivity index (χ4n) is 0. The molecule has 0 aliphatic carbocycles. The van der Waals surface area contributed by atoms with Crippen molar-refractivity contribution in [3.63, 3.8) is 0 Å². The van der Waals surface area contributed by atoms with Crippen LogP contribution in [0.3, 0.4) is 0 Å². The summed E-state index contributed by atoms with van der Waals surface area (Å²) in [6.45, 7) is 0. The second kappa shape index (κ2) is 33.1. The molecule has 0 unspecified atom stereocenters. The largest absolute Gasteiger partial charge is 1.00 e. The molecule has 0 saturated carbocycles. The summed E-state index contributed by atoms with van der Waals surface area (Å²) in [5.41, 5.74) is 0. The van der Waals surface area contributed by atoms with E-state index in [-0.39, 0.29) is 99.7 Å². The molecule has 0 atom stereocenters. The number of carbonyl (C=O) groups excluding carboxylic acids is 3. The topological polar surface area (TPSA) is 120 Å². The normalized spacial score (nSPS) is 6.33. The van der Waals surface area contributed by atoms with Gasteiger partial charge in [0.25, 0.3) is 0 Å². The monoisotopic (exact) mass is 312 g/mol. The minimum Gasteiger partial charge on any atom is 1.00 e. The first-order chi connectivity index (χ1) is 6.81. The number of carbonyl (C=O) groups is 3. The van der Waals surface area contributed by atoms with Gasteiger partial charge in [-0.3, -0.25) is 0 Å². The van der Waals surface area contributed by atoms with Gasteiger partial charge in [-0.2, -0.15) is 0 Å². The minimum atomic E-state index is -0.934. The van der Waals surface area contributed by atoms with Crippen molar-refractivity contribution in [3.8, 4) is 0 Å². The second-order valence-electron chi connectivity index (χ2n) is 2.18. The van der Waals surface area contributed by atoms with Crippen molar-refractivity contribution >= 4 is 102 Å². The molecule has 12 heteroatoms. The molecule has 0 fully saturated rings. The molecular formula is C6H6Na6O6. The fourth-order valence-corrected chi connectivity index (χ4v) is 0. The average molecular weight is 312 g/mol. The number of hydrogen-bond acceptors (Lipinski definition) is 6. The number of carboxylic acid groups (broad SMARTS) is 3. The van der Waals surface area contributed by atoms with Gasteiger partial charge in [0.1, 0.15) is 0 Å². The van der Waals surface area contributed by atoms with Gasteiger partial charge in [0.2, 0.25) is 0 Å². The summed E-state index contributed by atoms with van der Waals surface area (Å²) in [6.07, 6.45) is 0. The van der Waals surface area contributed by atoms with Gasteiger partial charge >= 0.3 is 231 Å². The summed E-state index contributed by atoms with van der Waals surface area (Å²) >= 11 is 2.13. The Labute approximate surface area is 225 Å². The molecule has 0 aromatic heterocycles. The van der Waals surface area contributed by atoms with E-state index in [4.69, 9.17) is 0 Å². The van der Waals surface area contributed by atoms with E-state index in [9.17, 15) is 29.7 Å². The molecule has 0 N–H and O–H groups in total. The zero-order valence-electron chi connectivity index (χ0n) is 12.1. The van der Waals surface area contributed by atoms with Crippen molar-refractivity contribution in [1.29, 1.82) is 0 Å². The molecule has 0 amide bonds. The molecule has 0 aliphatic heterocycles. The van der Waals surface area contributed by atoms with Crippen molar-refractivity contribution in [2.24, 2.45) is 0 Å². The second-order valence-corrected chi connectivity index (χ2v) is 4.30. The SMILES string of the molecule is O=C([O-])[CH2][Na].O=C([O-])[CH2][Na].O=C([O-])[CH2][Na].[Na+].[Na+].[Na+]. The van der Waals surface area contributed by atoms with E-state index >= 15 is 0 Å². The molecule has 0 saturated heterocycles. The van der Waals surface area contributed by atoms with Crippen LogP contribution in [0, 0.1) is 0 Å². The van der Waals surface area contributed by atoms with Gasteiger partial charge in [-0.25, -0.2) is 0 Å². The maximum Gasteiger partial charge on any atom is 1.00 e. The van der Waals surface area contributed by atoms with Crippen LogP contribution in [-0.4, -0.2) is 102 Å². The first-order valence-corrected chi connectivity index (χ1v) is 8.65. The summed E-state index contributed by atoms with van der Waals surface area (Å²) in [4.78, 5) is 27.9. The van der Waals surface area contributed by atoms with E-state index in [0.717, 1.165) is 0 Å². The van der Waals surface area contributed by atoms with E-state index in [1.165, 1.54) is 0 Å². The Kier molecular flexibility index (Phi) is 70.2. The maximum atomic E-state index is 9.29. The molecule has 0 aromatic carbocycles. The molecule has 0 aromatic rings. The number of aliphatic carboxylic acids is 3. The smallest absolute Gasteiger partial charge is 1.00 e. The average Bonchev–Trinajstić information content (AvgIpc) is 2.19. The van der Waals surface area contributed by atoms with Crippen LogP contribution in [0.1, 0.15) is 0 Å². The Morgan fingerprint density at radius 3 is 0.667 bits per heavy atom. The number of rotatable bonds is 3. The fraction of sp³-hybridized carbons (Fsp3) is 0.500. The molecule has 0 spiro atoms. The van der Waals surface area contributed by atoms with Gasteiger partial charge in [0, 0.05) is 0 Å². The molecule has 6 nitrogen and oxygen atoms in total. The van der Waals surface area contributed by atoms with Crippen molar-refractivity contribution in [3.05, 3.63) is 0 Å². The van der Waals surface area contributed by atoms with Gasteiger partial charge < -0.3 is 0 Å². The van der Waals surface area contributed by atoms with E-state index in [1.807, 2.05) is 0 Å². The van der Waals surface area contributed by atoms with Crippen LogP contribution in [0.2, 0.25) is 11.0 Å². The number of hydrogen-bond donors (Lipinski definition) is 0. The van der Waals surface area contributed by atoms with Crippen LogP contribution in [-0.2, 0) is 14.4 Å². The first-order valence-electron chi connectivity index (χ1n) is 4.41. The summed E-state index contributed by atoms with van der Waals surface area (Å²) in [6, 6.07) is 0. The Morgan fingerprint density at radius 2 is 0.667 bits per heavy atom. The van der Waals surface area contributed by atoms with Gasteiger partial charge in [0.15, 0.2) is 0 Å². The van der Waals surface area contributed by atoms with Crippen molar-refractivity contribution < 1.29 is 118 Å². The summed E-state index contributed by atoms with van der Waals surface area (Å²) in [5.74, 6) is -2.80. The van der Waals surface area contributed by atoms with Crippen molar-refractivity contribution in [2.75, 3.05) is 0 Å². The standard InChI is InChI=1S/3C2H3O2.6Na/c3*1-2(3)4;;;;;;/h3*1H2,(H,3,4);;;;;;/q;;;;;;3*+1/p-3. The molecule has 0 rings (SSSR count). The molecule has 0 heterocycles. The first kappa shape index (κ1) is 38.1. The van der Waals surface area contributed by atoms with Gasteiger partial charge in [-0.1, -0.05) is 0 Å². The van der Waals surface area contributed by atoms with Crippen LogP contribution in [0.25, 0.3) is 0 Å². The molecule has 0 bridgehead atoms. The van der Waals surface area contributed by atoms with Crippen LogP contribution >= 0.6 is 0 Å². The van der Waals surface area contributed by atoms with Crippen LogP contribution in [0.4, 0.5) is 0 Å². The Bertz CT molecular complexity index is 168. The zero-order valence-corrected chi connectivity index (χ0v) is 24.1. The van der Waals surface area contributed by atoms with Crippen molar-refractivity contribution in [1.82, 2.24) is 0 Å². The van der Waals surface area contributed by atoms with Gasteiger partial charge in [0.05, 0.1) is 0 Å². The third-order valence-electron chi connectivity index (χ3n) is 0.866. The third kappa shape index (κ3) is 71.0. The molecule has 18 heavy (non-hydrogen) atoms. The summed E-state index contributed by atoms with van der Waals surface area (Å²) in [5, 5.41) is 27.9. The molecule has 0 radical (unpaired) electrons. The molecular weight excluding hydrogens is 306 g/mol. The summed E-state index contributed by atoms with van der Waals surface area (Å²) in [7, 11) is 0. The van der Waals surface area contributed by atoms with Crippen LogP contribution in [0.15, 0.2) is 0 Å². The predicted octanol–water partition coefficient (Wildman–Crippen LogP) is -14.0. The van der Waals surface area contributed by atoms with E-state index in [0.29, 0.717) is 83.8 Å². The maximum absolute atomic E-state index is 9.29. The zero-order chi connectivity index (χ0) is 12.9. The summed E-state index contributed by atoms with van der Waals surface area (Å²) < 4.78 is 0.750. The van der Waals surface area contributed by atoms with Gasteiger partial charge in [-0.15, -0.1) is 0 Å². The Hall–Kier alpha value is 4.41. The number of carboxylic acids is 3. The van der Waals surface area contributed by atoms with Crippen LogP contribution < -0.4 is 104 Å². The minimum absolute atomic E-state index is 0. The molecule has 0 aliphatic rings. The van der Waals surface area contributed by atoms with E-state index in [1.54, 1.807) is 0 Å². The third-order valence-corrected chi connectivity index (χ3v) is 2.60. The Morgan fingerprint density at radius 1 is 0.611 bits per heavy atom. The molecule has 72 valence electrons. The van der Waals surface area contributed by atoms with Gasteiger partial charge in [-0.05, 0) is 0 Å².